The largest absolute Gasteiger partial charge is 0.497 e. The molecule has 3 aromatic rings. The number of benzene rings is 2. The smallest absolute Gasteiger partial charge is 0.260 e. The number of ether oxygens (including phenoxy) is 3. The maximum atomic E-state index is 12.4. The Hall–Kier alpha value is -3.55. The Bertz CT molecular complexity index is 1010. The van der Waals surface area contributed by atoms with E-state index in [4.69, 9.17) is 18.7 Å². The van der Waals surface area contributed by atoms with Gasteiger partial charge in [0.1, 0.15) is 17.2 Å². The van der Waals surface area contributed by atoms with Crippen molar-refractivity contribution in [2.75, 3.05) is 27.9 Å². The first-order chi connectivity index (χ1) is 14.4. The molecule has 0 radical (unpaired) electrons. The highest BCUT2D eigenvalue weighted by Gasteiger charge is 2.17. The molecular weight excluding hydrogens is 386 g/mol. The third kappa shape index (κ3) is 5.08. The average Bonchev–Trinajstić information content (AvgIpc) is 3.18. The normalized spacial score (nSPS) is 10.6. The van der Waals surface area contributed by atoms with Crippen LogP contribution in [0.15, 0.2) is 40.9 Å². The van der Waals surface area contributed by atoms with Crippen molar-refractivity contribution in [2.45, 2.75) is 20.4 Å². The number of rotatable bonds is 8. The van der Waals surface area contributed by atoms with E-state index in [-0.39, 0.29) is 19.1 Å². The second kappa shape index (κ2) is 9.30. The minimum absolute atomic E-state index is 0.0767. The Labute approximate surface area is 175 Å². The van der Waals surface area contributed by atoms with Crippen LogP contribution >= 0.6 is 0 Å². The van der Waals surface area contributed by atoms with Gasteiger partial charge in [0, 0.05) is 13.1 Å². The minimum atomic E-state index is -0.198. The average molecular weight is 411 g/mol. The molecule has 0 bridgehead atoms. The lowest BCUT2D eigenvalue weighted by Crippen LogP contribution is -2.31. The van der Waals surface area contributed by atoms with Crippen molar-refractivity contribution in [1.82, 2.24) is 15.0 Å². The molecule has 0 N–H and O–H groups in total. The van der Waals surface area contributed by atoms with Crippen LogP contribution in [0.3, 0.4) is 0 Å². The number of carbonyl (C=O) groups is 1. The van der Waals surface area contributed by atoms with Gasteiger partial charge >= 0.3 is 0 Å². The number of aryl methyl sites for hydroxylation is 2. The van der Waals surface area contributed by atoms with E-state index in [2.05, 4.69) is 10.1 Å². The molecule has 0 aliphatic carbocycles. The molecule has 0 aliphatic rings. The summed E-state index contributed by atoms with van der Waals surface area (Å²) in [6, 6.07) is 11.2. The highest BCUT2D eigenvalue weighted by molar-refractivity contribution is 5.77. The lowest BCUT2D eigenvalue weighted by atomic mass is 10.1. The topological polar surface area (TPSA) is 86.9 Å². The second-order valence-corrected chi connectivity index (χ2v) is 6.94. The molecule has 3 rings (SSSR count). The van der Waals surface area contributed by atoms with Crippen LogP contribution in [0.25, 0.3) is 11.4 Å². The van der Waals surface area contributed by atoms with Gasteiger partial charge in [-0.05, 0) is 49.2 Å². The van der Waals surface area contributed by atoms with Gasteiger partial charge in [-0.15, -0.1) is 0 Å². The molecule has 0 unspecified atom stereocenters. The zero-order valence-electron chi connectivity index (χ0n) is 17.8. The van der Waals surface area contributed by atoms with Gasteiger partial charge in [-0.2, -0.15) is 4.98 Å². The summed E-state index contributed by atoms with van der Waals surface area (Å²) in [7, 11) is 4.80. The fraction of sp³-hybridized carbons (Fsp3) is 0.318. The van der Waals surface area contributed by atoms with E-state index in [0.717, 1.165) is 11.1 Å². The molecule has 0 spiro atoms. The van der Waals surface area contributed by atoms with Crippen LogP contribution in [-0.4, -0.2) is 48.8 Å². The first kappa shape index (κ1) is 21.2. The SMILES string of the molecule is COc1ccc(-c2noc(CN(C)C(=O)COc3cc(C)cc(C)c3)n2)c(OC)c1. The minimum Gasteiger partial charge on any atom is -0.497 e. The van der Waals surface area contributed by atoms with Gasteiger partial charge in [0.2, 0.25) is 11.7 Å². The molecule has 8 nitrogen and oxygen atoms in total. The molecule has 8 heteroatoms. The fourth-order valence-corrected chi connectivity index (χ4v) is 2.97. The van der Waals surface area contributed by atoms with Gasteiger partial charge in [-0.25, -0.2) is 0 Å². The summed E-state index contributed by atoms with van der Waals surface area (Å²) < 4.78 is 21.5. The van der Waals surface area contributed by atoms with Crippen LogP contribution in [0.1, 0.15) is 17.0 Å². The van der Waals surface area contributed by atoms with Crippen LogP contribution < -0.4 is 14.2 Å². The van der Waals surface area contributed by atoms with E-state index in [1.54, 1.807) is 39.5 Å². The van der Waals surface area contributed by atoms with Crippen LogP contribution in [0.2, 0.25) is 0 Å². The van der Waals surface area contributed by atoms with Crippen molar-refractivity contribution in [3.05, 3.63) is 53.4 Å². The van der Waals surface area contributed by atoms with Crippen LogP contribution in [0, 0.1) is 13.8 Å². The number of methoxy groups -OCH3 is 2. The molecule has 30 heavy (non-hydrogen) atoms. The molecule has 1 amide bonds. The highest BCUT2D eigenvalue weighted by atomic mass is 16.5. The summed E-state index contributed by atoms with van der Waals surface area (Å²) in [5.41, 5.74) is 2.83. The van der Waals surface area contributed by atoms with E-state index < -0.39 is 0 Å². The van der Waals surface area contributed by atoms with Crippen molar-refractivity contribution in [1.29, 1.82) is 0 Å². The number of nitrogens with zero attached hydrogens (tertiary/aromatic N) is 3. The fourth-order valence-electron chi connectivity index (χ4n) is 2.97. The number of likely N-dealkylation sites (N-methyl/N-ethyl adjacent to an activating group) is 1. The van der Waals surface area contributed by atoms with Gasteiger partial charge in [0.05, 0.1) is 26.3 Å². The Morgan fingerprint density at radius 3 is 2.43 bits per heavy atom. The monoisotopic (exact) mass is 411 g/mol. The molecule has 0 fully saturated rings. The molecule has 1 heterocycles. The van der Waals surface area contributed by atoms with Crippen molar-refractivity contribution in [3.63, 3.8) is 0 Å². The Kier molecular flexibility index (Phi) is 6.56. The number of amides is 1. The quantitative estimate of drug-likeness (QED) is 0.561. The lowest BCUT2D eigenvalue weighted by molar-refractivity contribution is -0.132. The van der Waals surface area contributed by atoms with Gasteiger partial charge in [-0.1, -0.05) is 11.2 Å². The number of carbonyl (C=O) groups excluding carboxylic acids is 1. The molecule has 158 valence electrons. The van der Waals surface area contributed by atoms with Crippen molar-refractivity contribution >= 4 is 5.91 Å². The first-order valence-corrected chi connectivity index (χ1v) is 9.39. The Balaban J connectivity index is 1.63. The summed E-state index contributed by atoms with van der Waals surface area (Å²) in [5, 5.41) is 4.00. The summed E-state index contributed by atoms with van der Waals surface area (Å²) in [6.45, 7) is 4.06. The first-order valence-electron chi connectivity index (χ1n) is 9.39. The number of hydrogen-bond donors (Lipinski definition) is 0. The lowest BCUT2D eigenvalue weighted by Gasteiger charge is -2.15. The summed E-state index contributed by atoms with van der Waals surface area (Å²) in [5.74, 6) is 2.38. The van der Waals surface area contributed by atoms with Crippen LogP contribution in [0.4, 0.5) is 0 Å². The maximum Gasteiger partial charge on any atom is 0.260 e. The summed E-state index contributed by atoms with van der Waals surface area (Å²) >= 11 is 0. The predicted molar refractivity (Wildman–Crippen MR) is 111 cm³/mol. The van der Waals surface area contributed by atoms with Crippen LogP contribution in [-0.2, 0) is 11.3 Å². The third-order valence-corrected chi connectivity index (χ3v) is 4.47. The summed E-state index contributed by atoms with van der Waals surface area (Å²) in [6.07, 6.45) is 0. The molecule has 0 saturated carbocycles. The van der Waals surface area contributed by atoms with Gasteiger partial charge in [0.15, 0.2) is 6.61 Å². The van der Waals surface area contributed by atoms with Gasteiger partial charge in [-0.3, -0.25) is 4.79 Å². The van der Waals surface area contributed by atoms with Crippen LogP contribution in [0.5, 0.6) is 17.2 Å². The molecule has 2 aromatic carbocycles. The van der Waals surface area contributed by atoms with E-state index >= 15 is 0 Å². The Morgan fingerprint density at radius 1 is 1.03 bits per heavy atom. The molecule has 0 atom stereocenters. The third-order valence-electron chi connectivity index (χ3n) is 4.47. The maximum absolute atomic E-state index is 12.4. The molecule has 0 saturated heterocycles. The molecule has 1 aromatic heterocycles. The number of aromatic nitrogens is 2. The second-order valence-electron chi connectivity index (χ2n) is 6.94. The Morgan fingerprint density at radius 2 is 1.77 bits per heavy atom. The molecule has 0 aliphatic heterocycles. The highest BCUT2D eigenvalue weighted by Crippen LogP contribution is 2.31. The van der Waals surface area contributed by atoms with E-state index in [1.165, 1.54) is 4.90 Å². The van der Waals surface area contributed by atoms with E-state index in [9.17, 15) is 4.79 Å². The summed E-state index contributed by atoms with van der Waals surface area (Å²) in [4.78, 5) is 18.3. The zero-order valence-corrected chi connectivity index (χ0v) is 17.8. The van der Waals surface area contributed by atoms with Gasteiger partial charge in [0.25, 0.3) is 5.91 Å². The van der Waals surface area contributed by atoms with E-state index in [1.807, 2.05) is 32.0 Å². The zero-order chi connectivity index (χ0) is 21.7. The number of hydrogen-bond acceptors (Lipinski definition) is 7. The van der Waals surface area contributed by atoms with E-state index in [0.29, 0.717) is 34.5 Å². The van der Waals surface area contributed by atoms with Crippen molar-refractivity contribution in [2.24, 2.45) is 0 Å². The van der Waals surface area contributed by atoms with Gasteiger partial charge < -0.3 is 23.6 Å². The molecular formula is C22H25N3O5. The standard InChI is InChI=1S/C22H25N3O5/c1-14-8-15(2)10-17(9-14)29-13-21(26)25(3)12-20-23-22(24-30-20)18-7-6-16(27-4)11-19(18)28-5/h6-11H,12-13H2,1-5H3. The van der Waals surface area contributed by atoms with Crippen molar-refractivity contribution < 1.29 is 23.5 Å². The van der Waals surface area contributed by atoms with Crippen molar-refractivity contribution in [3.8, 4) is 28.6 Å². The predicted octanol–water partition coefficient (Wildman–Crippen LogP) is 3.41.